The zero-order valence-corrected chi connectivity index (χ0v) is 14.1. The van der Waals surface area contributed by atoms with Gasteiger partial charge in [0.15, 0.2) is 0 Å². The molecule has 0 aromatic heterocycles. The van der Waals surface area contributed by atoms with E-state index in [0.717, 1.165) is 37.6 Å². The van der Waals surface area contributed by atoms with E-state index in [4.69, 9.17) is 9.84 Å². The van der Waals surface area contributed by atoms with Gasteiger partial charge in [0.1, 0.15) is 0 Å². The zero-order chi connectivity index (χ0) is 17.6. The molecule has 0 bridgehead atoms. The van der Waals surface area contributed by atoms with Crippen molar-refractivity contribution in [2.45, 2.75) is 6.92 Å². The predicted octanol–water partition coefficient (Wildman–Crippen LogP) is 3.06. The molecule has 130 valence electrons. The van der Waals surface area contributed by atoms with E-state index in [-0.39, 0.29) is 5.56 Å². The van der Waals surface area contributed by atoms with Crippen molar-refractivity contribution in [3.8, 4) is 0 Å². The summed E-state index contributed by atoms with van der Waals surface area (Å²) in [4.78, 5) is 13.3. The molecule has 2 N–H and O–H groups in total. The van der Waals surface area contributed by atoms with Crippen molar-refractivity contribution in [2.24, 2.45) is 5.10 Å². The van der Waals surface area contributed by atoms with E-state index >= 15 is 0 Å². The number of aromatic carboxylic acids is 1. The van der Waals surface area contributed by atoms with Crippen molar-refractivity contribution >= 4 is 23.1 Å². The fourth-order valence-electron chi connectivity index (χ4n) is 2.67. The van der Waals surface area contributed by atoms with Gasteiger partial charge in [-0.3, -0.25) is 5.43 Å². The van der Waals surface area contributed by atoms with Gasteiger partial charge in [0, 0.05) is 18.8 Å². The molecule has 0 unspecified atom stereocenters. The highest BCUT2D eigenvalue weighted by atomic mass is 16.5. The smallest absolute Gasteiger partial charge is 0.335 e. The van der Waals surface area contributed by atoms with Gasteiger partial charge in [0.2, 0.25) is 0 Å². The number of nitrogens with one attached hydrogen (secondary N) is 1. The monoisotopic (exact) mass is 339 g/mol. The summed E-state index contributed by atoms with van der Waals surface area (Å²) in [5.41, 5.74) is 6.81. The number of rotatable bonds is 5. The van der Waals surface area contributed by atoms with Crippen molar-refractivity contribution in [1.82, 2.24) is 0 Å². The lowest BCUT2D eigenvalue weighted by molar-refractivity contribution is 0.0697. The van der Waals surface area contributed by atoms with Gasteiger partial charge < -0.3 is 14.7 Å². The third-order valence-electron chi connectivity index (χ3n) is 4.12. The van der Waals surface area contributed by atoms with Crippen molar-refractivity contribution in [3.63, 3.8) is 0 Å². The van der Waals surface area contributed by atoms with Gasteiger partial charge in [-0.2, -0.15) is 5.10 Å². The number of ether oxygens (including phenoxy) is 1. The van der Waals surface area contributed by atoms with Gasteiger partial charge in [-0.15, -0.1) is 0 Å². The lowest BCUT2D eigenvalue weighted by atomic mass is 10.1. The van der Waals surface area contributed by atoms with Gasteiger partial charge in [0.05, 0.1) is 30.2 Å². The lowest BCUT2D eigenvalue weighted by Crippen LogP contribution is -2.36. The molecule has 2 aromatic carbocycles. The van der Waals surface area contributed by atoms with Gasteiger partial charge >= 0.3 is 5.97 Å². The van der Waals surface area contributed by atoms with Crippen LogP contribution in [0.2, 0.25) is 0 Å². The molecule has 6 nitrogen and oxygen atoms in total. The summed E-state index contributed by atoms with van der Waals surface area (Å²) in [6.07, 6.45) is 0. The minimum absolute atomic E-state index is 0.229. The van der Waals surface area contributed by atoms with E-state index in [2.05, 4.69) is 27.6 Å². The van der Waals surface area contributed by atoms with E-state index in [0.29, 0.717) is 5.69 Å². The fraction of sp³-hybridized carbons (Fsp3) is 0.263. The first kappa shape index (κ1) is 17.0. The van der Waals surface area contributed by atoms with Crippen LogP contribution in [0.4, 0.5) is 11.4 Å². The van der Waals surface area contributed by atoms with Crippen LogP contribution >= 0.6 is 0 Å². The van der Waals surface area contributed by atoms with E-state index in [1.54, 1.807) is 24.3 Å². The van der Waals surface area contributed by atoms with Crippen LogP contribution < -0.4 is 10.3 Å². The number of carbonyl (C=O) groups is 1. The number of anilines is 2. The Balaban J connectivity index is 1.67. The maximum Gasteiger partial charge on any atom is 0.335 e. The minimum Gasteiger partial charge on any atom is -0.478 e. The quantitative estimate of drug-likeness (QED) is 0.647. The van der Waals surface area contributed by atoms with Crippen molar-refractivity contribution in [2.75, 3.05) is 36.6 Å². The number of hydrazone groups is 1. The van der Waals surface area contributed by atoms with Crippen LogP contribution in [-0.4, -0.2) is 43.1 Å². The Bertz CT molecular complexity index is 766. The Labute approximate surface area is 146 Å². The maximum absolute atomic E-state index is 11.0. The van der Waals surface area contributed by atoms with E-state index < -0.39 is 5.97 Å². The maximum atomic E-state index is 11.0. The first-order chi connectivity index (χ1) is 12.1. The highest BCUT2D eigenvalue weighted by molar-refractivity contribution is 5.99. The molecule has 1 saturated heterocycles. The average molecular weight is 339 g/mol. The van der Waals surface area contributed by atoms with E-state index in [1.165, 1.54) is 5.69 Å². The Kier molecular flexibility index (Phi) is 5.30. The SMILES string of the molecule is C/C(=N/Nc1cccc(C(=O)O)c1)c1ccc(N2CCOCC2)cc1. The van der Waals surface area contributed by atoms with Gasteiger partial charge in [-0.1, -0.05) is 18.2 Å². The number of carboxylic acid groups (broad SMARTS) is 1. The second-order valence-electron chi connectivity index (χ2n) is 5.84. The number of carboxylic acids is 1. The minimum atomic E-state index is -0.956. The molecule has 25 heavy (non-hydrogen) atoms. The Morgan fingerprint density at radius 3 is 2.52 bits per heavy atom. The summed E-state index contributed by atoms with van der Waals surface area (Å²) in [6.45, 7) is 5.27. The molecular weight excluding hydrogens is 318 g/mol. The highest BCUT2D eigenvalue weighted by Gasteiger charge is 2.11. The summed E-state index contributed by atoms with van der Waals surface area (Å²) in [7, 11) is 0. The van der Waals surface area contributed by atoms with Crippen LogP contribution in [0.3, 0.4) is 0 Å². The molecule has 2 aromatic rings. The summed E-state index contributed by atoms with van der Waals surface area (Å²) in [5, 5.41) is 13.4. The number of benzene rings is 2. The van der Waals surface area contributed by atoms with Crippen LogP contribution in [-0.2, 0) is 4.74 Å². The fourth-order valence-corrected chi connectivity index (χ4v) is 2.67. The van der Waals surface area contributed by atoms with Crippen LogP contribution in [0.5, 0.6) is 0 Å². The molecule has 1 aliphatic rings. The molecule has 3 rings (SSSR count). The van der Waals surface area contributed by atoms with Crippen LogP contribution in [0, 0.1) is 0 Å². The molecule has 0 amide bonds. The molecule has 1 aliphatic heterocycles. The first-order valence-corrected chi connectivity index (χ1v) is 8.20. The van der Waals surface area contributed by atoms with Crippen molar-refractivity contribution in [3.05, 3.63) is 59.7 Å². The Morgan fingerprint density at radius 2 is 1.84 bits per heavy atom. The van der Waals surface area contributed by atoms with E-state index in [1.807, 2.05) is 19.1 Å². The summed E-state index contributed by atoms with van der Waals surface area (Å²) >= 11 is 0. The third kappa shape index (κ3) is 4.36. The molecule has 0 radical (unpaired) electrons. The molecule has 6 heteroatoms. The highest BCUT2D eigenvalue weighted by Crippen LogP contribution is 2.17. The van der Waals surface area contributed by atoms with Crippen LogP contribution in [0.25, 0.3) is 0 Å². The molecule has 0 saturated carbocycles. The van der Waals surface area contributed by atoms with Gasteiger partial charge in [-0.25, -0.2) is 4.79 Å². The van der Waals surface area contributed by atoms with Crippen molar-refractivity contribution in [1.29, 1.82) is 0 Å². The number of morpholine rings is 1. The summed E-state index contributed by atoms with van der Waals surface area (Å²) in [5.74, 6) is -0.956. The first-order valence-electron chi connectivity index (χ1n) is 8.20. The van der Waals surface area contributed by atoms with Crippen LogP contribution in [0.15, 0.2) is 53.6 Å². The lowest BCUT2D eigenvalue weighted by Gasteiger charge is -2.28. The molecule has 1 fully saturated rings. The van der Waals surface area contributed by atoms with Gasteiger partial charge in [0.25, 0.3) is 0 Å². The molecule has 0 aliphatic carbocycles. The van der Waals surface area contributed by atoms with Crippen molar-refractivity contribution < 1.29 is 14.6 Å². The average Bonchev–Trinajstić information content (AvgIpc) is 2.67. The van der Waals surface area contributed by atoms with E-state index in [9.17, 15) is 4.79 Å². The second-order valence-corrected chi connectivity index (χ2v) is 5.84. The topological polar surface area (TPSA) is 74.2 Å². The molecule has 0 atom stereocenters. The summed E-state index contributed by atoms with van der Waals surface area (Å²) < 4.78 is 5.37. The normalized spacial score (nSPS) is 15.1. The number of nitrogens with zero attached hydrogens (tertiary/aromatic N) is 2. The second kappa shape index (κ2) is 7.81. The van der Waals surface area contributed by atoms with Gasteiger partial charge in [-0.05, 0) is 42.8 Å². The standard InChI is InChI=1S/C19H21N3O3/c1-14(20-21-17-4-2-3-16(13-17)19(23)24)15-5-7-18(8-6-15)22-9-11-25-12-10-22/h2-8,13,21H,9-12H2,1H3,(H,23,24)/b20-14-. The Morgan fingerprint density at radius 1 is 1.12 bits per heavy atom. The number of hydrogen-bond donors (Lipinski definition) is 2. The zero-order valence-electron chi connectivity index (χ0n) is 14.1. The summed E-state index contributed by atoms with van der Waals surface area (Å²) in [6, 6.07) is 14.8. The molecular formula is C19H21N3O3. The number of hydrogen-bond acceptors (Lipinski definition) is 5. The predicted molar refractivity (Wildman–Crippen MR) is 98.7 cm³/mol. The Hall–Kier alpha value is -2.86. The largest absolute Gasteiger partial charge is 0.478 e. The molecule has 1 heterocycles. The molecule has 0 spiro atoms. The third-order valence-corrected chi connectivity index (χ3v) is 4.12. The van der Waals surface area contributed by atoms with Crippen LogP contribution in [0.1, 0.15) is 22.8 Å².